The minimum atomic E-state index is -4.71. The van der Waals surface area contributed by atoms with Crippen LogP contribution in [0.3, 0.4) is 0 Å². The van der Waals surface area contributed by atoms with Gasteiger partial charge >= 0.3 is 6.18 Å². The minimum Gasteiger partial charge on any atom is -0.459 e. The van der Waals surface area contributed by atoms with Gasteiger partial charge in [-0.1, -0.05) is 60.7 Å². The van der Waals surface area contributed by atoms with Gasteiger partial charge in [0.15, 0.2) is 6.23 Å². The summed E-state index contributed by atoms with van der Waals surface area (Å²) in [5.41, 5.74) is 0.797. The Bertz CT molecular complexity index is 1040. The third-order valence-corrected chi connectivity index (χ3v) is 4.31. The molecule has 4 rings (SSSR count). The molecule has 2 aromatic carbocycles. The molecule has 3 aromatic rings. The Balaban J connectivity index is 1.65. The van der Waals surface area contributed by atoms with Gasteiger partial charge in [-0.15, -0.1) is 0 Å². The number of hydrogen-bond acceptors (Lipinski definition) is 4. The van der Waals surface area contributed by atoms with Crippen LogP contribution >= 0.6 is 0 Å². The van der Waals surface area contributed by atoms with Crippen LogP contribution in [0.2, 0.25) is 0 Å². The summed E-state index contributed by atoms with van der Waals surface area (Å²) >= 11 is 0. The molecule has 1 aliphatic rings. The zero-order valence-corrected chi connectivity index (χ0v) is 14.9. The summed E-state index contributed by atoms with van der Waals surface area (Å²) in [6.07, 6.45) is -4.50. The van der Waals surface area contributed by atoms with Gasteiger partial charge in [-0.05, 0) is 6.07 Å². The van der Waals surface area contributed by atoms with Crippen molar-refractivity contribution in [2.75, 3.05) is 0 Å². The summed E-state index contributed by atoms with van der Waals surface area (Å²) in [5, 5.41) is 5.56. The molecule has 0 spiro atoms. The highest BCUT2D eigenvalue weighted by atomic mass is 19.4. The van der Waals surface area contributed by atoms with E-state index >= 15 is 0 Å². The van der Waals surface area contributed by atoms with Crippen LogP contribution in [0.25, 0.3) is 5.70 Å². The Labute approximate surface area is 163 Å². The van der Waals surface area contributed by atoms with E-state index < -0.39 is 29.6 Å². The molecule has 2 heterocycles. The lowest BCUT2D eigenvalue weighted by molar-refractivity contribution is -0.138. The second-order valence-corrected chi connectivity index (χ2v) is 6.24. The molecule has 0 bridgehead atoms. The molecule has 1 aromatic heterocycles. The van der Waals surface area contributed by atoms with Gasteiger partial charge < -0.3 is 14.5 Å². The standard InChI is InChI=1S/C21H15F3N2O3/c22-21(23,24)15-11-12-28-17(15)18(27)26-20-16(13-7-3-1-4-8-13)25-19(29-20)14-9-5-2-6-10-14/h1-12,19,25H,(H,26,27). The number of hydrogen-bond donors (Lipinski definition) is 2. The van der Waals surface area contributed by atoms with Crippen LogP contribution in [0.15, 0.2) is 83.3 Å². The van der Waals surface area contributed by atoms with E-state index in [2.05, 4.69) is 10.6 Å². The minimum absolute atomic E-state index is 0.0135. The van der Waals surface area contributed by atoms with Crippen LogP contribution in [-0.4, -0.2) is 5.91 Å². The fourth-order valence-electron chi connectivity index (χ4n) is 2.96. The summed E-state index contributed by atoms with van der Waals surface area (Å²) in [7, 11) is 0. The highest BCUT2D eigenvalue weighted by Gasteiger charge is 2.38. The third kappa shape index (κ3) is 3.82. The smallest absolute Gasteiger partial charge is 0.420 e. The van der Waals surface area contributed by atoms with Crippen molar-refractivity contribution in [3.05, 3.63) is 101 Å². The molecule has 1 unspecified atom stereocenters. The van der Waals surface area contributed by atoms with E-state index in [9.17, 15) is 18.0 Å². The molecule has 0 saturated carbocycles. The summed E-state index contributed by atoms with van der Waals surface area (Å²) in [6.45, 7) is 0. The van der Waals surface area contributed by atoms with E-state index in [1.807, 2.05) is 36.4 Å². The van der Waals surface area contributed by atoms with Gasteiger partial charge in [0, 0.05) is 11.1 Å². The number of nitrogens with one attached hydrogen (secondary N) is 2. The summed E-state index contributed by atoms with van der Waals surface area (Å²) in [5.74, 6) is -1.87. The molecule has 0 aliphatic carbocycles. The van der Waals surface area contributed by atoms with Crippen LogP contribution in [0.5, 0.6) is 0 Å². The Hall–Kier alpha value is -3.68. The Morgan fingerprint density at radius 2 is 1.62 bits per heavy atom. The maximum atomic E-state index is 13.1. The number of rotatable bonds is 4. The maximum Gasteiger partial charge on any atom is 0.420 e. The number of amides is 1. The number of ether oxygens (including phenoxy) is 1. The first-order valence-corrected chi connectivity index (χ1v) is 8.67. The van der Waals surface area contributed by atoms with Gasteiger partial charge in [0.1, 0.15) is 11.3 Å². The second kappa shape index (κ2) is 7.38. The van der Waals surface area contributed by atoms with Crippen molar-refractivity contribution >= 4 is 11.6 Å². The van der Waals surface area contributed by atoms with Crippen molar-refractivity contribution < 1.29 is 27.1 Å². The largest absolute Gasteiger partial charge is 0.459 e. The molecule has 2 N–H and O–H groups in total. The van der Waals surface area contributed by atoms with Gasteiger partial charge in [0.05, 0.1) is 6.26 Å². The number of halogens is 3. The Morgan fingerprint density at radius 3 is 2.28 bits per heavy atom. The molecule has 1 atom stereocenters. The lowest BCUT2D eigenvalue weighted by Gasteiger charge is -2.13. The van der Waals surface area contributed by atoms with Crippen molar-refractivity contribution in [2.45, 2.75) is 12.4 Å². The Morgan fingerprint density at radius 1 is 0.966 bits per heavy atom. The molecular formula is C21H15F3N2O3. The molecule has 1 amide bonds. The van der Waals surface area contributed by atoms with E-state index in [4.69, 9.17) is 9.15 Å². The number of alkyl halides is 3. The molecule has 0 fully saturated rings. The quantitative estimate of drug-likeness (QED) is 0.668. The van der Waals surface area contributed by atoms with Gasteiger partial charge in [0.25, 0.3) is 5.91 Å². The summed E-state index contributed by atoms with van der Waals surface area (Å²) < 4.78 is 49.9. The molecule has 148 valence electrons. The fraction of sp³-hybridized carbons (Fsp3) is 0.0952. The number of carbonyl (C=O) groups excluding carboxylic acids is 1. The molecule has 29 heavy (non-hydrogen) atoms. The number of furan rings is 1. The van der Waals surface area contributed by atoms with Crippen molar-refractivity contribution in [1.82, 2.24) is 10.6 Å². The maximum absolute atomic E-state index is 13.1. The van der Waals surface area contributed by atoms with Gasteiger partial charge in [-0.3, -0.25) is 10.1 Å². The SMILES string of the molecule is O=C(NC1=C(c2ccccc2)NC(c2ccccc2)O1)c1occc1C(F)(F)F. The van der Waals surface area contributed by atoms with Gasteiger partial charge in [0.2, 0.25) is 11.6 Å². The average Bonchev–Trinajstić information content (AvgIpc) is 3.37. The predicted octanol–water partition coefficient (Wildman–Crippen LogP) is 4.67. The number of carbonyl (C=O) groups is 1. The van der Waals surface area contributed by atoms with Crippen LogP contribution in [0.1, 0.15) is 33.5 Å². The first-order chi connectivity index (χ1) is 13.9. The normalized spacial score (nSPS) is 16.3. The first kappa shape index (κ1) is 18.7. The third-order valence-electron chi connectivity index (χ3n) is 4.31. The van der Waals surface area contributed by atoms with Crippen molar-refractivity contribution in [1.29, 1.82) is 0 Å². The molecule has 8 heteroatoms. The van der Waals surface area contributed by atoms with E-state index in [1.54, 1.807) is 24.3 Å². The number of benzene rings is 2. The van der Waals surface area contributed by atoms with Crippen molar-refractivity contribution in [2.24, 2.45) is 0 Å². The van der Waals surface area contributed by atoms with Crippen LogP contribution < -0.4 is 10.6 Å². The fourth-order valence-corrected chi connectivity index (χ4v) is 2.96. The lowest BCUT2D eigenvalue weighted by Crippen LogP contribution is -2.25. The summed E-state index contributed by atoms with van der Waals surface area (Å²) in [4.78, 5) is 12.5. The van der Waals surface area contributed by atoms with Gasteiger partial charge in [-0.25, -0.2) is 0 Å². The van der Waals surface area contributed by atoms with E-state index in [0.29, 0.717) is 17.3 Å². The highest BCUT2D eigenvalue weighted by Crippen LogP contribution is 2.34. The molecule has 5 nitrogen and oxygen atoms in total. The van der Waals surface area contributed by atoms with Crippen molar-refractivity contribution in [3.8, 4) is 0 Å². The molecule has 1 aliphatic heterocycles. The van der Waals surface area contributed by atoms with Crippen molar-refractivity contribution in [3.63, 3.8) is 0 Å². The second-order valence-electron chi connectivity index (χ2n) is 6.24. The monoisotopic (exact) mass is 400 g/mol. The van der Waals surface area contributed by atoms with Crippen LogP contribution in [0.4, 0.5) is 13.2 Å². The zero-order chi connectivity index (χ0) is 20.4. The van der Waals surface area contributed by atoms with E-state index in [1.165, 1.54) is 0 Å². The lowest BCUT2D eigenvalue weighted by atomic mass is 10.1. The predicted molar refractivity (Wildman–Crippen MR) is 97.9 cm³/mol. The molecule has 0 radical (unpaired) electrons. The first-order valence-electron chi connectivity index (χ1n) is 8.67. The highest BCUT2D eigenvalue weighted by molar-refractivity contribution is 5.95. The van der Waals surface area contributed by atoms with Gasteiger partial charge in [-0.2, -0.15) is 13.2 Å². The Kier molecular flexibility index (Phi) is 4.75. The molecule has 0 saturated heterocycles. The van der Waals surface area contributed by atoms with Crippen LogP contribution in [0, 0.1) is 0 Å². The average molecular weight is 400 g/mol. The summed E-state index contributed by atoms with van der Waals surface area (Å²) in [6, 6.07) is 18.9. The van der Waals surface area contributed by atoms with E-state index in [0.717, 1.165) is 11.8 Å². The molecular weight excluding hydrogens is 385 g/mol. The topological polar surface area (TPSA) is 63.5 Å². The van der Waals surface area contributed by atoms with E-state index in [-0.39, 0.29) is 5.88 Å². The zero-order valence-electron chi connectivity index (χ0n) is 14.9. The van der Waals surface area contributed by atoms with Crippen LogP contribution in [-0.2, 0) is 10.9 Å².